The molecule has 0 aliphatic carbocycles. The van der Waals surface area contributed by atoms with Gasteiger partial charge in [0.25, 0.3) is 0 Å². The van der Waals surface area contributed by atoms with E-state index in [0.29, 0.717) is 6.04 Å². The van der Waals surface area contributed by atoms with Gasteiger partial charge in [-0.1, -0.05) is 30.3 Å². The molecule has 1 N–H and O–H groups in total. The van der Waals surface area contributed by atoms with E-state index in [1.165, 1.54) is 5.56 Å². The summed E-state index contributed by atoms with van der Waals surface area (Å²) < 4.78 is 5.59. The van der Waals surface area contributed by atoms with Crippen molar-refractivity contribution in [1.82, 2.24) is 5.32 Å². The second kappa shape index (κ2) is 5.71. The SMILES string of the molecule is CNC(CCc1ccccc1)C1=CCCO1. The molecule has 2 nitrogen and oxygen atoms in total. The molecule has 16 heavy (non-hydrogen) atoms. The Hall–Kier alpha value is -1.28. The third-order valence-corrected chi connectivity index (χ3v) is 2.99. The number of hydrogen-bond acceptors (Lipinski definition) is 2. The fourth-order valence-electron chi connectivity index (χ4n) is 2.06. The zero-order valence-corrected chi connectivity index (χ0v) is 9.78. The minimum Gasteiger partial charge on any atom is -0.496 e. The maximum atomic E-state index is 5.59. The largest absolute Gasteiger partial charge is 0.496 e. The molecule has 0 radical (unpaired) electrons. The fraction of sp³-hybridized carbons (Fsp3) is 0.429. The summed E-state index contributed by atoms with van der Waals surface area (Å²) in [6.45, 7) is 0.846. The minimum atomic E-state index is 0.364. The van der Waals surface area contributed by atoms with Gasteiger partial charge in [0.2, 0.25) is 0 Å². The van der Waals surface area contributed by atoms with Crippen LogP contribution in [0.4, 0.5) is 0 Å². The zero-order valence-electron chi connectivity index (χ0n) is 9.78. The number of rotatable bonds is 5. The van der Waals surface area contributed by atoms with Gasteiger partial charge in [-0.05, 0) is 31.5 Å². The minimum absolute atomic E-state index is 0.364. The fourth-order valence-corrected chi connectivity index (χ4v) is 2.06. The van der Waals surface area contributed by atoms with Crippen LogP contribution in [0.5, 0.6) is 0 Å². The molecule has 0 spiro atoms. The highest BCUT2D eigenvalue weighted by Gasteiger charge is 2.16. The Morgan fingerprint density at radius 2 is 2.12 bits per heavy atom. The van der Waals surface area contributed by atoms with Crippen molar-refractivity contribution in [2.75, 3.05) is 13.7 Å². The predicted octanol–water partition coefficient (Wildman–Crippen LogP) is 2.51. The van der Waals surface area contributed by atoms with Crippen LogP contribution in [0.1, 0.15) is 18.4 Å². The van der Waals surface area contributed by atoms with Gasteiger partial charge in [-0.25, -0.2) is 0 Å². The second-order valence-corrected chi connectivity index (χ2v) is 4.11. The van der Waals surface area contributed by atoms with E-state index in [1.807, 2.05) is 7.05 Å². The molecule has 1 aromatic carbocycles. The van der Waals surface area contributed by atoms with Crippen LogP contribution in [0.15, 0.2) is 42.2 Å². The van der Waals surface area contributed by atoms with Gasteiger partial charge in [0.1, 0.15) is 5.76 Å². The third kappa shape index (κ3) is 2.86. The highest BCUT2D eigenvalue weighted by atomic mass is 16.5. The van der Waals surface area contributed by atoms with Crippen molar-refractivity contribution in [3.8, 4) is 0 Å². The summed E-state index contributed by atoms with van der Waals surface area (Å²) in [6.07, 6.45) is 5.43. The van der Waals surface area contributed by atoms with Crippen LogP contribution in [-0.4, -0.2) is 19.7 Å². The Labute approximate surface area is 97.3 Å². The van der Waals surface area contributed by atoms with Crippen molar-refractivity contribution in [2.24, 2.45) is 0 Å². The van der Waals surface area contributed by atoms with Crippen molar-refractivity contribution in [3.05, 3.63) is 47.7 Å². The van der Waals surface area contributed by atoms with Crippen LogP contribution in [0.3, 0.4) is 0 Å². The maximum Gasteiger partial charge on any atom is 0.109 e. The first-order valence-electron chi connectivity index (χ1n) is 5.94. The average molecular weight is 217 g/mol. The number of nitrogens with one attached hydrogen (secondary N) is 1. The van der Waals surface area contributed by atoms with Crippen molar-refractivity contribution in [1.29, 1.82) is 0 Å². The lowest BCUT2D eigenvalue weighted by Gasteiger charge is -2.17. The van der Waals surface area contributed by atoms with Crippen molar-refractivity contribution >= 4 is 0 Å². The topological polar surface area (TPSA) is 21.3 Å². The maximum absolute atomic E-state index is 5.59. The van der Waals surface area contributed by atoms with Gasteiger partial charge in [0.05, 0.1) is 12.6 Å². The van der Waals surface area contributed by atoms with E-state index in [4.69, 9.17) is 4.74 Å². The molecule has 0 bridgehead atoms. The molecule has 1 aliphatic heterocycles. The standard InChI is InChI=1S/C14H19NO/c1-15-13(14-8-5-11-16-14)10-9-12-6-3-2-4-7-12/h2-4,6-8,13,15H,5,9-11H2,1H3. The quantitative estimate of drug-likeness (QED) is 0.818. The number of likely N-dealkylation sites (N-methyl/N-ethyl adjacent to an activating group) is 1. The lowest BCUT2D eigenvalue weighted by molar-refractivity contribution is 0.214. The van der Waals surface area contributed by atoms with Gasteiger partial charge in [0, 0.05) is 6.42 Å². The summed E-state index contributed by atoms with van der Waals surface area (Å²) >= 11 is 0. The van der Waals surface area contributed by atoms with E-state index in [9.17, 15) is 0 Å². The van der Waals surface area contributed by atoms with Crippen LogP contribution in [0, 0.1) is 0 Å². The van der Waals surface area contributed by atoms with E-state index in [0.717, 1.165) is 31.6 Å². The van der Waals surface area contributed by atoms with Gasteiger partial charge in [-0.2, -0.15) is 0 Å². The van der Waals surface area contributed by atoms with E-state index in [2.05, 4.69) is 41.7 Å². The molecule has 0 amide bonds. The normalized spacial score (nSPS) is 16.7. The van der Waals surface area contributed by atoms with Crippen LogP contribution < -0.4 is 5.32 Å². The zero-order chi connectivity index (χ0) is 11.2. The molecular formula is C14H19NO. The predicted molar refractivity (Wildman–Crippen MR) is 66.3 cm³/mol. The number of aryl methyl sites for hydroxylation is 1. The molecular weight excluding hydrogens is 198 g/mol. The summed E-state index contributed by atoms with van der Waals surface area (Å²) in [7, 11) is 2.00. The smallest absolute Gasteiger partial charge is 0.109 e. The van der Waals surface area contributed by atoms with E-state index in [-0.39, 0.29) is 0 Å². The highest BCUT2D eigenvalue weighted by Crippen LogP contribution is 2.17. The van der Waals surface area contributed by atoms with Gasteiger partial charge in [-0.15, -0.1) is 0 Å². The van der Waals surface area contributed by atoms with Gasteiger partial charge in [-0.3, -0.25) is 0 Å². The molecule has 2 heteroatoms. The summed E-state index contributed by atoms with van der Waals surface area (Å²) in [5.41, 5.74) is 1.39. The molecule has 0 saturated carbocycles. The highest BCUT2D eigenvalue weighted by molar-refractivity contribution is 5.16. The van der Waals surface area contributed by atoms with Gasteiger partial charge in [0.15, 0.2) is 0 Å². The van der Waals surface area contributed by atoms with Gasteiger partial charge < -0.3 is 10.1 Å². The molecule has 0 aromatic heterocycles. The third-order valence-electron chi connectivity index (χ3n) is 2.99. The molecule has 1 aromatic rings. The Kier molecular flexibility index (Phi) is 4.00. The number of benzene rings is 1. The van der Waals surface area contributed by atoms with Crippen LogP contribution in [0.25, 0.3) is 0 Å². The van der Waals surface area contributed by atoms with Crippen LogP contribution in [-0.2, 0) is 11.2 Å². The van der Waals surface area contributed by atoms with Crippen LogP contribution in [0.2, 0.25) is 0 Å². The summed E-state index contributed by atoms with van der Waals surface area (Å²) in [5, 5.41) is 3.32. The average Bonchev–Trinajstić information content (AvgIpc) is 2.85. The van der Waals surface area contributed by atoms with Crippen molar-refractivity contribution in [3.63, 3.8) is 0 Å². The first kappa shape index (κ1) is 11.2. The number of ether oxygens (including phenoxy) is 1. The molecule has 2 rings (SSSR count). The van der Waals surface area contributed by atoms with Crippen molar-refractivity contribution in [2.45, 2.75) is 25.3 Å². The Bertz CT molecular complexity index is 345. The lowest BCUT2D eigenvalue weighted by atomic mass is 10.0. The van der Waals surface area contributed by atoms with Crippen LogP contribution >= 0.6 is 0 Å². The van der Waals surface area contributed by atoms with E-state index >= 15 is 0 Å². The molecule has 0 saturated heterocycles. The van der Waals surface area contributed by atoms with Gasteiger partial charge >= 0.3 is 0 Å². The summed E-state index contributed by atoms with van der Waals surface area (Å²) in [6, 6.07) is 11.0. The lowest BCUT2D eigenvalue weighted by Crippen LogP contribution is -2.28. The Morgan fingerprint density at radius 3 is 2.75 bits per heavy atom. The molecule has 1 atom stereocenters. The molecule has 0 fully saturated rings. The first-order chi connectivity index (χ1) is 7.90. The molecule has 1 aliphatic rings. The van der Waals surface area contributed by atoms with E-state index in [1.54, 1.807) is 0 Å². The van der Waals surface area contributed by atoms with E-state index < -0.39 is 0 Å². The Morgan fingerprint density at radius 1 is 1.31 bits per heavy atom. The summed E-state index contributed by atoms with van der Waals surface area (Å²) in [4.78, 5) is 0. The number of hydrogen-bond donors (Lipinski definition) is 1. The first-order valence-corrected chi connectivity index (χ1v) is 5.94. The molecule has 86 valence electrons. The molecule has 1 unspecified atom stereocenters. The second-order valence-electron chi connectivity index (χ2n) is 4.11. The molecule has 1 heterocycles. The van der Waals surface area contributed by atoms with Crippen molar-refractivity contribution < 1.29 is 4.74 Å². The Balaban J connectivity index is 1.88. The monoisotopic (exact) mass is 217 g/mol. The summed E-state index contributed by atoms with van der Waals surface area (Å²) in [5.74, 6) is 1.12.